The van der Waals surface area contributed by atoms with Crippen molar-refractivity contribution < 1.29 is 9.13 Å². The number of benzene rings is 1. The second-order valence-electron chi connectivity index (χ2n) is 3.63. The second kappa shape index (κ2) is 5.25. The summed E-state index contributed by atoms with van der Waals surface area (Å²) >= 11 is 1.56. The number of hydrogen-bond acceptors (Lipinski definition) is 4. The molecule has 5 heteroatoms. The number of thiazole rings is 1. The van der Waals surface area contributed by atoms with Crippen molar-refractivity contribution in [3.8, 4) is 5.75 Å². The molecule has 1 unspecified atom stereocenters. The highest BCUT2D eigenvalue weighted by Gasteiger charge is 2.11. The Labute approximate surface area is 103 Å². The minimum atomic E-state index is -0.377. The maximum atomic E-state index is 13.2. The molecule has 0 aliphatic carbocycles. The van der Waals surface area contributed by atoms with Crippen LogP contribution < -0.4 is 10.5 Å². The third-order valence-corrected chi connectivity index (χ3v) is 3.28. The molecule has 1 heterocycles. The van der Waals surface area contributed by atoms with Gasteiger partial charge in [0.2, 0.25) is 0 Å². The van der Waals surface area contributed by atoms with Crippen LogP contribution in [0.15, 0.2) is 29.8 Å². The van der Waals surface area contributed by atoms with E-state index in [9.17, 15) is 4.39 Å². The Hall–Kier alpha value is -1.46. The Morgan fingerprint density at radius 2 is 2.35 bits per heavy atom. The summed E-state index contributed by atoms with van der Waals surface area (Å²) in [6, 6.07) is 4.48. The summed E-state index contributed by atoms with van der Waals surface area (Å²) in [6.45, 7) is 0. The van der Waals surface area contributed by atoms with Crippen LogP contribution in [0, 0.1) is 5.82 Å². The highest BCUT2D eigenvalue weighted by atomic mass is 32.1. The van der Waals surface area contributed by atoms with Crippen molar-refractivity contribution in [3.63, 3.8) is 0 Å². The maximum Gasteiger partial charge on any atom is 0.165 e. The number of rotatable bonds is 4. The molecule has 0 saturated carbocycles. The van der Waals surface area contributed by atoms with Crippen molar-refractivity contribution in [1.82, 2.24) is 4.98 Å². The van der Waals surface area contributed by atoms with Gasteiger partial charge in [-0.3, -0.25) is 0 Å². The Bertz CT molecular complexity index is 487. The SMILES string of the molecule is COc1cc(C(N)Cc2nccs2)ccc1F. The number of methoxy groups -OCH3 is 1. The lowest BCUT2D eigenvalue weighted by Gasteiger charge is -2.12. The van der Waals surface area contributed by atoms with E-state index in [2.05, 4.69) is 4.98 Å². The number of aromatic nitrogens is 1. The van der Waals surface area contributed by atoms with E-state index >= 15 is 0 Å². The molecule has 0 saturated heterocycles. The predicted molar refractivity (Wildman–Crippen MR) is 65.7 cm³/mol. The van der Waals surface area contributed by atoms with Crippen molar-refractivity contribution in [2.75, 3.05) is 7.11 Å². The van der Waals surface area contributed by atoms with Gasteiger partial charge in [0.1, 0.15) is 0 Å². The fourth-order valence-electron chi connectivity index (χ4n) is 1.57. The topological polar surface area (TPSA) is 48.1 Å². The van der Waals surface area contributed by atoms with Gasteiger partial charge in [-0.05, 0) is 17.7 Å². The minimum Gasteiger partial charge on any atom is -0.494 e. The summed E-state index contributed by atoms with van der Waals surface area (Å²) in [5.41, 5.74) is 6.89. The van der Waals surface area contributed by atoms with Crippen molar-refractivity contribution in [3.05, 3.63) is 46.2 Å². The van der Waals surface area contributed by atoms with Crippen molar-refractivity contribution in [2.24, 2.45) is 5.73 Å². The zero-order chi connectivity index (χ0) is 12.3. The zero-order valence-corrected chi connectivity index (χ0v) is 10.2. The average molecular weight is 252 g/mol. The monoisotopic (exact) mass is 252 g/mol. The fraction of sp³-hybridized carbons (Fsp3) is 0.250. The van der Waals surface area contributed by atoms with Gasteiger partial charge in [0.15, 0.2) is 11.6 Å². The molecule has 0 aliphatic rings. The summed E-state index contributed by atoms with van der Waals surface area (Å²) < 4.78 is 18.2. The number of nitrogens with two attached hydrogens (primary N) is 1. The van der Waals surface area contributed by atoms with Crippen molar-refractivity contribution in [2.45, 2.75) is 12.5 Å². The summed E-state index contributed by atoms with van der Waals surface area (Å²) in [7, 11) is 1.44. The fourth-order valence-corrected chi connectivity index (χ4v) is 2.24. The first kappa shape index (κ1) is 12.0. The number of ether oxygens (including phenoxy) is 1. The molecule has 1 aromatic carbocycles. The molecule has 17 heavy (non-hydrogen) atoms. The Morgan fingerprint density at radius 3 is 3.00 bits per heavy atom. The molecule has 0 fully saturated rings. The van der Waals surface area contributed by atoms with Gasteiger partial charge < -0.3 is 10.5 Å². The van der Waals surface area contributed by atoms with Crippen LogP contribution in [0.2, 0.25) is 0 Å². The normalized spacial score (nSPS) is 12.4. The third kappa shape index (κ3) is 2.81. The largest absolute Gasteiger partial charge is 0.494 e. The van der Waals surface area contributed by atoms with E-state index in [4.69, 9.17) is 10.5 Å². The smallest absolute Gasteiger partial charge is 0.165 e. The molecular formula is C12H13FN2OS. The van der Waals surface area contributed by atoms with Gasteiger partial charge >= 0.3 is 0 Å². The van der Waals surface area contributed by atoms with Crippen molar-refractivity contribution >= 4 is 11.3 Å². The first-order chi connectivity index (χ1) is 8.20. The zero-order valence-electron chi connectivity index (χ0n) is 9.39. The Morgan fingerprint density at radius 1 is 1.53 bits per heavy atom. The highest BCUT2D eigenvalue weighted by Crippen LogP contribution is 2.24. The van der Waals surface area contributed by atoms with Gasteiger partial charge in [-0.15, -0.1) is 11.3 Å². The average Bonchev–Trinajstić information content (AvgIpc) is 2.82. The standard InChI is InChI=1S/C12H13FN2OS/c1-16-11-6-8(2-3-9(11)13)10(14)7-12-15-4-5-17-12/h2-6,10H,7,14H2,1H3. The molecule has 2 N–H and O–H groups in total. The third-order valence-electron chi connectivity index (χ3n) is 2.48. The van der Waals surface area contributed by atoms with Gasteiger partial charge in [-0.25, -0.2) is 9.37 Å². The van der Waals surface area contributed by atoms with E-state index in [0.717, 1.165) is 10.6 Å². The van der Waals surface area contributed by atoms with Crippen LogP contribution in [0.1, 0.15) is 16.6 Å². The predicted octanol–water partition coefficient (Wildman–Crippen LogP) is 2.53. The molecule has 2 rings (SSSR count). The molecule has 0 aliphatic heterocycles. The van der Waals surface area contributed by atoms with E-state index in [0.29, 0.717) is 6.42 Å². The molecule has 1 aromatic heterocycles. The van der Waals surface area contributed by atoms with E-state index in [-0.39, 0.29) is 17.6 Å². The van der Waals surface area contributed by atoms with E-state index in [1.165, 1.54) is 13.2 Å². The lowest BCUT2D eigenvalue weighted by atomic mass is 10.0. The van der Waals surface area contributed by atoms with E-state index in [1.807, 2.05) is 5.38 Å². The van der Waals surface area contributed by atoms with Crippen LogP contribution in [0.5, 0.6) is 5.75 Å². The number of hydrogen-bond donors (Lipinski definition) is 1. The van der Waals surface area contributed by atoms with Crippen LogP contribution in [-0.4, -0.2) is 12.1 Å². The first-order valence-corrected chi connectivity index (χ1v) is 6.06. The molecule has 0 radical (unpaired) electrons. The number of halogens is 1. The molecule has 3 nitrogen and oxygen atoms in total. The molecule has 0 bridgehead atoms. The lowest BCUT2D eigenvalue weighted by molar-refractivity contribution is 0.385. The van der Waals surface area contributed by atoms with Gasteiger partial charge in [0.05, 0.1) is 12.1 Å². The second-order valence-corrected chi connectivity index (χ2v) is 4.61. The van der Waals surface area contributed by atoms with Gasteiger partial charge in [-0.2, -0.15) is 0 Å². The van der Waals surface area contributed by atoms with Crippen LogP contribution in [-0.2, 0) is 6.42 Å². The van der Waals surface area contributed by atoms with E-state index in [1.54, 1.807) is 29.7 Å². The summed E-state index contributed by atoms with van der Waals surface area (Å²) in [5.74, 6) is -0.158. The summed E-state index contributed by atoms with van der Waals surface area (Å²) in [5, 5.41) is 2.88. The van der Waals surface area contributed by atoms with Gasteiger partial charge in [0, 0.05) is 24.0 Å². The quantitative estimate of drug-likeness (QED) is 0.909. The number of nitrogens with zero attached hydrogens (tertiary/aromatic N) is 1. The first-order valence-electron chi connectivity index (χ1n) is 5.18. The van der Waals surface area contributed by atoms with Crippen LogP contribution >= 0.6 is 11.3 Å². The highest BCUT2D eigenvalue weighted by molar-refractivity contribution is 7.09. The summed E-state index contributed by atoms with van der Waals surface area (Å²) in [4.78, 5) is 4.18. The molecule has 1 atom stereocenters. The Kier molecular flexibility index (Phi) is 3.71. The molecule has 2 aromatic rings. The summed E-state index contributed by atoms with van der Waals surface area (Å²) in [6.07, 6.45) is 2.39. The van der Waals surface area contributed by atoms with Gasteiger partial charge in [-0.1, -0.05) is 6.07 Å². The van der Waals surface area contributed by atoms with E-state index < -0.39 is 0 Å². The van der Waals surface area contributed by atoms with Crippen LogP contribution in [0.25, 0.3) is 0 Å². The van der Waals surface area contributed by atoms with Crippen molar-refractivity contribution in [1.29, 1.82) is 0 Å². The lowest BCUT2D eigenvalue weighted by Crippen LogP contribution is -2.13. The van der Waals surface area contributed by atoms with Crippen LogP contribution in [0.3, 0.4) is 0 Å². The molecule has 0 amide bonds. The Balaban J connectivity index is 2.16. The molecule has 0 spiro atoms. The molecular weight excluding hydrogens is 239 g/mol. The van der Waals surface area contributed by atoms with Crippen LogP contribution in [0.4, 0.5) is 4.39 Å². The molecule has 90 valence electrons. The minimum absolute atomic E-state index is 0.198. The van der Waals surface area contributed by atoms with Gasteiger partial charge in [0.25, 0.3) is 0 Å². The maximum absolute atomic E-state index is 13.2.